The zero-order chi connectivity index (χ0) is 18.7. The van der Waals surface area contributed by atoms with Crippen LogP contribution in [-0.4, -0.2) is 20.6 Å². The monoisotopic (exact) mass is 350 g/mol. The largest absolute Gasteiger partial charge is 0.305 e. The molecule has 0 spiro atoms. The number of nitrogens with zero attached hydrogens (tertiary/aromatic N) is 3. The zero-order valence-electron chi connectivity index (χ0n) is 14.5. The molecule has 7 heteroatoms. The molecule has 0 atom stereocenters. The number of benzene rings is 2. The Kier molecular flexibility index (Phi) is 4.79. The van der Waals surface area contributed by atoms with E-state index in [9.17, 15) is 14.9 Å². The van der Waals surface area contributed by atoms with E-state index >= 15 is 0 Å². The number of anilines is 1. The van der Waals surface area contributed by atoms with Crippen molar-refractivity contribution in [2.45, 2.75) is 20.4 Å². The number of rotatable bonds is 5. The maximum atomic E-state index is 12.4. The number of aryl methyl sites for hydroxylation is 2. The van der Waals surface area contributed by atoms with Crippen LogP contribution < -0.4 is 5.32 Å². The Morgan fingerprint density at radius 1 is 1.15 bits per heavy atom. The van der Waals surface area contributed by atoms with Crippen LogP contribution in [0.3, 0.4) is 0 Å². The van der Waals surface area contributed by atoms with Crippen LogP contribution in [-0.2, 0) is 6.54 Å². The van der Waals surface area contributed by atoms with Gasteiger partial charge < -0.3 is 5.32 Å². The molecule has 1 aromatic heterocycles. The summed E-state index contributed by atoms with van der Waals surface area (Å²) in [7, 11) is 0. The number of hydrogen-bond acceptors (Lipinski definition) is 4. The van der Waals surface area contributed by atoms with Gasteiger partial charge in [-0.05, 0) is 31.5 Å². The lowest BCUT2D eigenvalue weighted by Gasteiger charge is -2.05. The first-order valence-electron chi connectivity index (χ1n) is 8.09. The Bertz CT molecular complexity index is 964. The van der Waals surface area contributed by atoms with Crippen molar-refractivity contribution >= 4 is 17.4 Å². The third-order valence-electron chi connectivity index (χ3n) is 4.05. The molecule has 0 radical (unpaired) electrons. The Morgan fingerprint density at radius 3 is 2.54 bits per heavy atom. The SMILES string of the molecule is Cc1cc(C(=O)Nc2cc(C)n(Cc3ccccc3)n2)ccc1[N+](=O)[O-]. The fourth-order valence-electron chi connectivity index (χ4n) is 2.68. The fourth-order valence-corrected chi connectivity index (χ4v) is 2.68. The lowest BCUT2D eigenvalue weighted by Crippen LogP contribution is -2.13. The van der Waals surface area contributed by atoms with Crippen molar-refractivity contribution in [2.75, 3.05) is 5.32 Å². The van der Waals surface area contributed by atoms with Crippen LogP contribution in [0.25, 0.3) is 0 Å². The second kappa shape index (κ2) is 7.18. The summed E-state index contributed by atoms with van der Waals surface area (Å²) in [6.45, 7) is 4.13. The molecule has 1 amide bonds. The summed E-state index contributed by atoms with van der Waals surface area (Å²) in [6.07, 6.45) is 0. The van der Waals surface area contributed by atoms with Gasteiger partial charge in [-0.2, -0.15) is 5.10 Å². The molecule has 0 saturated heterocycles. The summed E-state index contributed by atoms with van der Waals surface area (Å²) in [5.41, 5.74) is 2.81. The molecule has 26 heavy (non-hydrogen) atoms. The molecule has 0 unspecified atom stereocenters. The Hall–Kier alpha value is -3.48. The smallest absolute Gasteiger partial charge is 0.272 e. The molecule has 3 rings (SSSR count). The van der Waals surface area contributed by atoms with Gasteiger partial charge in [0.05, 0.1) is 11.5 Å². The highest BCUT2D eigenvalue weighted by molar-refractivity contribution is 6.04. The second-order valence-corrected chi connectivity index (χ2v) is 6.03. The standard InChI is InChI=1S/C19H18N4O3/c1-13-10-16(8-9-17(13)23(25)26)19(24)20-18-11-14(2)22(21-18)12-15-6-4-3-5-7-15/h3-11H,12H2,1-2H3,(H,20,21,24). The lowest BCUT2D eigenvalue weighted by molar-refractivity contribution is -0.385. The fraction of sp³-hybridized carbons (Fsp3) is 0.158. The van der Waals surface area contributed by atoms with E-state index < -0.39 is 4.92 Å². The summed E-state index contributed by atoms with van der Waals surface area (Å²) < 4.78 is 1.81. The quantitative estimate of drug-likeness (QED) is 0.561. The molecular weight excluding hydrogens is 332 g/mol. The first kappa shape index (κ1) is 17.3. The number of aromatic nitrogens is 2. The summed E-state index contributed by atoms with van der Waals surface area (Å²) >= 11 is 0. The normalized spacial score (nSPS) is 10.5. The average molecular weight is 350 g/mol. The number of carbonyl (C=O) groups is 1. The molecule has 3 aromatic rings. The zero-order valence-corrected chi connectivity index (χ0v) is 14.5. The van der Waals surface area contributed by atoms with Gasteiger partial charge in [0.1, 0.15) is 0 Å². The lowest BCUT2D eigenvalue weighted by atomic mass is 10.1. The minimum atomic E-state index is -0.467. The van der Waals surface area contributed by atoms with Gasteiger partial charge in [0, 0.05) is 29.0 Å². The van der Waals surface area contributed by atoms with Gasteiger partial charge in [0.25, 0.3) is 11.6 Å². The van der Waals surface area contributed by atoms with E-state index in [1.165, 1.54) is 18.2 Å². The van der Waals surface area contributed by atoms with E-state index in [0.717, 1.165) is 11.3 Å². The highest BCUT2D eigenvalue weighted by atomic mass is 16.6. The van der Waals surface area contributed by atoms with Gasteiger partial charge in [-0.15, -0.1) is 0 Å². The number of nitro groups is 1. The topological polar surface area (TPSA) is 90.1 Å². The van der Waals surface area contributed by atoms with E-state index in [-0.39, 0.29) is 11.6 Å². The number of amides is 1. The van der Waals surface area contributed by atoms with Crippen LogP contribution in [0.5, 0.6) is 0 Å². The average Bonchev–Trinajstić information content (AvgIpc) is 2.94. The number of carbonyl (C=O) groups excluding carboxylic acids is 1. The predicted octanol–water partition coefficient (Wildman–Crippen LogP) is 3.71. The minimum Gasteiger partial charge on any atom is -0.305 e. The van der Waals surface area contributed by atoms with Gasteiger partial charge in [0.15, 0.2) is 5.82 Å². The Morgan fingerprint density at radius 2 is 1.88 bits per heavy atom. The van der Waals surface area contributed by atoms with Gasteiger partial charge in [-0.3, -0.25) is 19.6 Å². The van der Waals surface area contributed by atoms with Crippen LogP contribution in [0.4, 0.5) is 11.5 Å². The highest BCUT2D eigenvalue weighted by Gasteiger charge is 2.15. The van der Waals surface area contributed by atoms with Crippen molar-refractivity contribution < 1.29 is 9.72 Å². The minimum absolute atomic E-state index is 0.00969. The van der Waals surface area contributed by atoms with Gasteiger partial charge in [-0.1, -0.05) is 30.3 Å². The molecule has 0 aliphatic carbocycles. The van der Waals surface area contributed by atoms with E-state index in [1.807, 2.05) is 41.9 Å². The van der Waals surface area contributed by atoms with Crippen molar-refractivity contribution in [3.05, 3.63) is 87.1 Å². The van der Waals surface area contributed by atoms with Crippen molar-refractivity contribution in [3.8, 4) is 0 Å². The number of nitro benzene ring substituents is 1. The van der Waals surface area contributed by atoms with Gasteiger partial charge >= 0.3 is 0 Å². The van der Waals surface area contributed by atoms with Crippen molar-refractivity contribution in [1.82, 2.24) is 9.78 Å². The first-order valence-corrected chi connectivity index (χ1v) is 8.09. The molecular formula is C19H18N4O3. The maximum absolute atomic E-state index is 12.4. The van der Waals surface area contributed by atoms with E-state index in [0.29, 0.717) is 23.5 Å². The number of hydrogen-bond donors (Lipinski definition) is 1. The highest BCUT2D eigenvalue weighted by Crippen LogP contribution is 2.20. The van der Waals surface area contributed by atoms with Crippen molar-refractivity contribution in [3.63, 3.8) is 0 Å². The third-order valence-corrected chi connectivity index (χ3v) is 4.05. The predicted molar refractivity (Wildman–Crippen MR) is 98.3 cm³/mol. The van der Waals surface area contributed by atoms with Crippen LogP contribution >= 0.6 is 0 Å². The van der Waals surface area contributed by atoms with E-state index in [2.05, 4.69) is 10.4 Å². The van der Waals surface area contributed by atoms with Crippen LogP contribution in [0.1, 0.15) is 27.2 Å². The van der Waals surface area contributed by atoms with Crippen LogP contribution in [0, 0.1) is 24.0 Å². The molecule has 2 aromatic carbocycles. The Labute approximate surface area is 150 Å². The molecule has 0 fully saturated rings. The van der Waals surface area contributed by atoms with Gasteiger partial charge in [-0.25, -0.2) is 0 Å². The molecule has 0 bridgehead atoms. The van der Waals surface area contributed by atoms with E-state index in [1.54, 1.807) is 13.0 Å². The van der Waals surface area contributed by atoms with Crippen LogP contribution in [0.2, 0.25) is 0 Å². The molecule has 0 aliphatic heterocycles. The second-order valence-electron chi connectivity index (χ2n) is 6.03. The summed E-state index contributed by atoms with van der Waals surface area (Å²) in [4.78, 5) is 22.8. The van der Waals surface area contributed by atoms with E-state index in [4.69, 9.17) is 0 Å². The molecule has 1 heterocycles. The molecule has 0 aliphatic rings. The van der Waals surface area contributed by atoms with Crippen LogP contribution in [0.15, 0.2) is 54.6 Å². The molecule has 7 nitrogen and oxygen atoms in total. The van der Waals surface area contributed by atoms with Crippen molar-refractivity contribution in [2.24, 2.45) is 0 Å². The molecule has 132 valence electrons. The summed E-state index contributed by atoms with van der Waals surface area (Å²) in [5.74, 6) is 0.0896. The Balaban J connectivity index is 1.75. The number of nitrogens with one attached hydrogen (secondary N) is 1. The van der Waals surface area contributed by atoms with Gasteiger partial charge in [0.2, 0.25) is 0 Å². The maximum Gasteiger partial charge on any atom is 0.272 e. The summed E-state index contributed by atoms with van der Waals surface area (Å²) in [6, 6.07) is 16.0. The first-order chi connectivity index (χ1) is 12.4. The molecule has 0 saturated carbocycles. The summed E-state index contributed by atoms with van der Waals surface area (Å²) in [5, 5.41) is 18.0. The van der Waals surface area contributed by atoms with Crippen molar-refractivity contribution in [1.29, 1.82) is 0 Å². The third kappa shape index (κ3) is 3.77. The molecule has 1 N–H and O–H groups in total.